The van der Waals surface area contributed by atoms with Crippen molar-refractivity contribution in [2.45, 2.75) is 4.90 Å². The number of nitrogens with two attached hydrogens (primary N) is 1. The summed E-state index contributed by atoms with van der Waals surface area (Å²) in [5.74, 6) is 0.0907. The average Bonchev–Trinajstić information content (AvgIpc) is 2.32. The molecule has 0 spiro atoms. The molecule has 0 radical (unpaired) electrons. The number of hydrogen-bond acceptors (Lipinski definition) is 5. The van der Waals surface area contributed by atoms with Crippen LogP contribution in [0.15, 0.2) is 40.0 Å². The van der Waals surface area contributed by atoms with Gasteiger partial charge in [0.05, 0.1) is 4.90 Å². The first-order valence-corrected chi connectivity index (χ1v) is 7.59. The van der Waals surface area contributed by atoms with Crippen LogP contribution in [0.1, 0.15) is 0 Å². The summed E-state index contributed by atoms with van der Waals surface area (Å²) in [6.07, 6.45) is 1.17. The first kappa shape index (κ1) is 14.0. The molecule has 1 aromatic heterocycles. The van der Waals surface area contributed by atoms with Gasteiger partial charge >= 0.3 is 0 Å². The monoisotopic (exact) mass is 362 g/mol. The van der Waals surface area contributed by atoms with Crippen molar-refractivity contribution >= 4 is 49.1 Å². The summed E-state index contributed by atoms with van der Waals surface area (Å²) in [5.41, 5.74) is 6.05. The zero-order chi connectivity index (χ0) is 14.0. The zero-order valence-corrected chi connectivity index (χ0v) is 12.5. The minimum Gasteiger partial charge on any atom is -0.398 e. The fourth-order valence-electron chi connectivity index (χ4n) is 1.26. The number of nitrogens with one attached hydrogen (secondary N) is 1. The highest BCUT2D eigenvalue weighted by Gasteiger charge is 2.16. The van der Waals surface area contributed by atoms with Crippen molar-refractivity contribution in [3.63, 3.8) is 0 Å². The summed E-state index contributed by atoms with van der Waals surface area (Å²) in [5, 5.41) is 0.145. The molecule has 0 aliphatic rings. The molecule has 0 unspecified atom stereocenters. The smallest absolute Gasteiger partial charge is 0.263 e. The average molecular weight is 364 g/mol. The molecular weight excluding hydrogens is 356 g/mol. The molecular formula is C10H8BrClN4O2S. The third-order valence-corrected chi connectivity index (χ3v) is 4.40. The number of hydrogen-bond donors (Lipinski definition) is 2. The molecule has 0 bridgehead atoms. The van der Waals surface area contributed by atoms with Gasteiger partial charge in [-0.25, -0.2) is 18.4 Å². The van der Waals surface area contributed by atoms with Crippen molar-refractivity contribution < 1.29 is 8.42 Å². The highest BCUT2D eigenvalue weighted by atomic mass is 79.9. The van der Waals surface area contributed by atoms with Crippen molar-refractivity contribution in [2.75, 3.05) is 10.5 Å². The second-order valence-electron chi connectivity index (χ2n) is 3.51. The van der Waals surface area contributed by atoms with Gasteiger partial charge in [-0.1, -0.05) is 11.6 Å². The van der Waals surface area contributed by atoms with Crippen molar-refractivity contribution in [1.82, 2.24) is 9.97 Å². The minimum atomic E-state index is -3.75. The Labute approximate surface area is 123 Å². The summed E-state index contributed by atoms with van der Waals surface area (Å²) in [4.78, 5) is 7.49. The molecule has 9 heteroatoms. The summed E-state index contributed by atoms with van der Waals surface area (Å²) in [7, 11) is -3.75. The lowest BCUT2D eigenvalue weighted by Gasteiger charge is -2.08. The molecule has 3 N–H and O–H groups in total. The van der Waals surface area contributed by atoms with Gasteiger partial charge in [0.1, 0.15) is 17.3 Å². The Morgan fingerprint density at radius 3 is 2.63 bits per heavy atom. The Bertz CT molecular complexity index is 723. The number of nitrogens with zero attached hydrogens (tertiary/aromatic N) is 2. The number of aromatic nitrogens is 2. The Morgan fingerprint density at radius 2 is 2.00 bits per heavy atom. The first-order valence-electron chi connectivity index (χ1n) is 4.94. The van der Waals surface area contributed by atoms with Gasteiger partial charge in [-0.15, -0.1) is 0 Å². The van der Waals surface area contributed by atoms with E-state index in [0.717, 1.165) is 0 Å². The molecule has 2 rings (SSSR count). The second kappa shape index (κ2) is 5.32. The zero-order valence-electron chi connectivity index (χ0n) is 9.34. The molecule has 1 aromatic carbocycles. The molecule has 0 saturated carbocycles. The second-order valence-corrected chi connectivity index (χ2v) is 6.44. The number of halogens is 2. The number of benzene rings is 1. The van der Waals surface area contributed by atoms with Gasteiger partial charge in [-0.05, 0) is 34.1 Å². The van der Waals surface area contributed by atoms with Crippen LogP contribution in [0.3, 0.4) is 0 Å². The van der Waals surface area contributed by atoms with E-state index in [4.69, 9.17) is 17.3 Å². The van der Waals surface area contributed by atoms with E-state index in [-0.39, 0.29) is 15.9 Å². The Hall–Kier alpha value is -1.38. The van der Waals surface area contributed by atoms with Crippen LogP contribution in [0.4, 0.5) is 11.5 Å². The molecule has 0 aliphatic carbocycles. The lowest BCUT2D eigenvalue weighted by atomic mass is 10.3. The number of rotatable bonds is 3. The minimum absolute atomic E-state index is 0.0586. The predicted molar refractivity (Wildman–Crippen MR) is 76.4 cm³/mol. The molecule has 0 saturated heterocycles. The lowest BCUT2D eigenvalue weighted by Crippen LogP contribution is -2.14. The summed E-state index contributed by atoms with van der Waals surface area (Å²) < 4.78 is 27.0. The van der Waals surface area contributed by atoms with E-state index in [1.54, 1.807) is 0 Å². The van der Waals surface area contributed by atoms with Crippen LogP contribution < -0.4 is 10.5 Å². The quantitative estimate of drug-likeness (QED) is 0.644. The van der Waals surface area contributed by atoms with Gasteiger partial charge in [0.15, 0.2) is 0 Å². The van der Waals surface area contributed by atoms with E-state index in [2.05, 4.69) is 30.6 Å². The number of anilines is 2. The van der Waals surface area contributed by atoms with Crippen LogP contribution in [0.2, 0.25) is 5.15 Å². The molecule has 0 fully saturated rings. The molecule has 6 nitrogen and oxygen atoms in total. The molecule has 2 aromatic rings. The van der Waals surface area contributed by atoms with Crippen molar-refractivity contribution in [3.8, 4) is 0 Å². The third kappa shape index (κ3) is 3.34. The van der Waals surface area contributed by atoms with Crippen LogP contribution in [0, 0.1) is 0 Å². The fourth-order valence-corrected chi connectivity index (χ4v) is 2.96. The number of nitrogen functional groups attached to an aromatic ring is 1. The largest absolute Gasteiger partial charge is 0.398 e. The first-order chi connectivity index (χ1) is 8.88. The van der Waals surface area contributed by atoms with Gasteiger partial charge in [-0.2, -0.15) is 0 Å². The molecule has 100 valence electrons. The maximum Gasteiger partial charge on any atom is 0.263 e. The van der Waals surface area contributed by atoms with Crippen molar-refractivity contribution in [3.05, 3.63) is 40.2 Å². The fraction of sp³-hybridized carbons (Fsp3) is 0. The lowest BCUT2D eigenvalue weighted by molar-refractivity contribution is 0.601. The molecule has 1 heterocycles. The maximum absolute atomic E-state index is 12.1. The van der Waals surface area contributed by atoms with Crippen molar-refractivity contribution in [2.24, 2.45) is 0 Å². The van der Waals surface area contributed by atoms with Gasteiger partial charge in [-0.3, -0.25) is 4.72 Å². The van der Waals surface area contributed by atoms with Crippen LogP contribution in [0.5, 0.6) is 0 Å². The molecule has 0 aliphatic heterocycles. The van der Waals surface area contributed by atoms with Gasteiger partial charge in [0.2, 0.25) is 0 Å². The van der Waals surface area contributed by atoms with E-state index in [1.807, 2.05) is 0 Å². The standard InChI is InChI=1S/C10H8BrClN4O2S/c11-7-3-6(1-2-8(7)13)19(17,18)16-10-4-9(12)14-5-15-10/h1-5H,13H2,(H,14,15,16). The maximum atomic E-state index is 12.1. The normalized spacial score (nSPS) is 11.3. The number of sulfonamides is 1. The Morgan fingerprint density at radius 1 is 1.26 bits per heavy atom. The van der Waals surface area contributed by atoms with Crippen LogP contribution >= 0.6 is 27.5 Å². The van der Waals surface area contributed by atoms with Gasteiger partial charge in [0, 0.05) is 16.2 Å². The topological polar surface area (TPSA) is 98.0 Å². The summed E-state index contributed by atoms with van der Waals surface area (Å²) >= 11 is 8.83. The predicted octanol–water partition coefficient (Wildman–Crippen LogP) is 2.28. The van der Waals surface area contributed by atoms with Crippen LogP contribution in [-0.4, -0.2) is 18.4 Å². The van der Waals surface area contributed by atoms with Gasteiger partial charge in [0.25, 0.3) is 10.0 Å². The van der Waals surface area contributed by atoms with E-state index in [9.17, 15) is 8.42 Å². The third-order valence-electron chi connectivity index (χ3n) is 2.15. The SMILES string of the molecule is Nc1ccc(S(=O)(=O)Nc2cc(Cl)ncn2)cc1Br. The molecule has 0 atom stereocenters. The molecule has 19 heavy (non-hydrogen) atoms. The molecule has 0 amide bonds. The van der Waals surface area contributed by atoms with Gasteiger partial charge < -0.3 is 5.73 Å². The highest BCUT2D eigenvalue weighted by Crippen LogP contribution is 2.24. The summed E-state index contributed by atoms with van der Waals surface area (Å²) in [6, 6.07) is 5.60. The van der Waals surface area contributed by atoms with E-state index >= 15 is 0 Å². The summed E-state index contributed by atoms with van der Waals surface area (Å²) in [6.45, 7) is 0. The Balaban J connectivity index is 2.35. The van der Waals surface area contributed by atoms with E-state index < -0.39 is 10.0 Å². The Kier molecular flexibility index (Phi) is 3.93. The van der Waals surface area contributed by atoms with E-state index in [0.29, 0.717) is 10.2 Å². The van der Waals surface area contributed by atoms with Crippen LogP contribution in [0.25, 0.3) is 0 Å². The highest BCUT2D eigenvalue weighted by molar-refractivity contribution is 9.10. The van der Waals surface area contributed by atoms with Crippen LogP contribution in [-0.2, 0) is 10.0 Å². The van der Waals surface area contributed by atoms with E-state index in [1.165, 1.54) is 30.6 Å². The van der Waals surface area contributed by atoms with Crippen molar-refractivity contribution in [1.29, 1.82) is 0 Å².